The highest BCUT2D eigenvalue weighted by molar-refractivity contribution is 5.42. The Bertz CT molecular complexity index is 366. The van der Waals surface area contributed by atoms with E-state index in [1.54, 1.807) is 13.4 Å². The normalized spacial score (nSPS) is 16.6. The van der Waals surface area contributed by atoms with Crippen LogP contribution in [-0.2, 0) is 0 Å². The quantitative estimate of drug-likeness (QED) is 0.859. The minimum atomic E-state index is 0.557. The lowest BCUT2D eigenvalue weighted by Gasteiger charge is -2.35. The van der Waals surface area contributed by atoms with E-state index in [0.29, 0.717) is 18.5 Å². The average molecular weight is 250 g/mol. The predicted octanol–water partition coefficient (Wildman–Crippen LogP) is 1.58. The molecule has 1 aromatic rings. The maximum atomic E-state index is 5.73. The van der Waals surface area contributed by atoms with Crippen LogP contribution in [0.1, 0.15) is 32.1 Å². The molecule has 2 rings (SSSR count). The molecule has 100 valence electrons. The van der Waals surface area contributed by atoms with Crippen molar-refractivity contribution in [3.63, 3.8) is 0 Å². The molecule has 1 saturated carbocycles. The molecule has 1 aliphatic carbocycles. The van der Waals surface area contributed by atoms with Gasteiger partial charge in [0.05, 0.1) is 7.11 Å². The summed E-state index contributed by atoms with van der Waals surface area (Å²) in [5.41, 5.74) is 5.73. The second-order valence-electron chi connectivity index (χ2n) is 4.69. The number of ether oxygens (including phenoxy) is 1. The first-order valence-electron chi connectivity index (χ1n) is 6.68. The molecule has 0 aliphatic heterocycles. The van der Waals surface area contributed by atoms with Crippen LogP contribution in [0.4, 0.5) is 5.82 Å². The highest BCUT2D eigenvalue weighted by Gasteiger charge is 2.22. The topological polar surface area (TPSA) is 64.3 Å². The van der Waals surface area contributed by atoms with E-state index in [1.165, 1.54) is 32.1 Å². The van der Waals surface area contributed by atoms with Gasteiger partial charge in [0.15, 0.2) is 0 Å². The molecule has 1 heterocycles. The SMILES string of the molecule is COc1cc(N(CCN)C2CCCCC2)ncn1. The minimum Gasteiger partial charge on any atom is -0.481 e. The number of nitrogens with two attached hydrogens (primary N) is 1. The van der Waals surface area contributed by atoms with Gasteiger partial charge in [-0.2, -0.15) is 0 Å². The Morgan fingerprint density at radius 2 is 2.11 bits per heavy atom. The zero-order valence-electron chi connectivity index (χ0n) is 11.0. The van der Waals surface area contributed by atoms with Crippen molar-refractivity contribution in [1.82, 2.24) is 9.97 Å². The molecule has 0 spiro atoms. The van der Waals surface area contributed by atoms with Crippen molar-refractivity contribution in [2.75, 3.05) is 25.1 Å². The lowest BCUT2D eigenvalue weighted by atomic mass is 9.94. The fourth-order valence-corrected chi connectivity index (χ4v) is 2.61. The molecule has 0 aromatic carbocycles. The van der Waals surface area contributed by atoms with Crippen molar-refractivity contribution in [3.8, 4) is 5.88 Å². The fraction of sp³-hybridized carbons (Fsp3) is 0.692. The fourth-order valence-electron chi connectivity index (χ4n) is 2.61. The van der Waals surface area contributed by atoms with E-state index in [9.17, 15) is 0 Å². The summed E-state index contributed by atoms with van der Waals surface area (Å²) in [4.78, 5) is 10.7. The van der Waals surface area contributed by atoms with Gasteiger partial charge in [-0.25, -0.2) is 9.97 Å². The molecule has 0 radical (unpaired) electrons. The van der Waals surface area contributed by atoms with Crippen LogP contribution in [-0.4, -0.2) is 36.2 Å². The van der Waals surface area contributed by atoms with Crippen LogP contribution in [0.5, 0.6) is 5.88 Å². The minimum absolute atomic E-state index is 0.557. The van der Waals surface area contributed by atoms with Crippen molar-refractivity contribution in [1.29, 1.82) is 0 Å². The third-order valence-electron chi connectivity index (χ3n) is 3.52. The number of hydrogen-bond acceptors (Lipinski definition) is 5. The highest BCUT2D eigenvalue weighted by atomic mass is 16.5. The number of methoxy groups -OCH3 is 1. The van der Waals surface area contributed by atoms with E-state index in [1.807, 2.05) is 6.07 Å². The van der Waals surface area contributed by atoms with Crippen molar-refractivity contribution < 1.29 is 4.74 Å². The largest absolute Gasteiger partial charge is 0.481 e. The van der Waals surface area contributed by atoms with E-state index >= 15 is 0 Å². The molecule has 1 aliphatic rings. The summed E-state index contributed by atoms with van der Waals surface area (Å²) in [6.45, 7) is 1.48. The van der Waals surface area contributed by atoms with Gasteiger partial charge in [0.1, 0.15) is 12.1 Å². The Kier molecular flexibility index (Phi) is 4.75. The van der Waals surface area contributed by atoms with E-state index in [-0.39, 0.29) is 0 Å². The van der Waals surface area contributed by atoms with Crippen LogP contribution in [0.25, 0.3) is 0 Å². The first kappa shape index (κ1) is 13.1. The Morgan fingerprint density at radius 3 is 2.78 bits per heavy atom. The number of aromatic nitrogens is 2. The highest BCUT2D eigenvalue weighted by Crippen LogP contribution is 2.26. The third-order valence-corrected chi connectivity index (χ3v) is 3.52. The number of anilines is 1. The van der Waals surface area contributed by atoms with Gasteiger partial charge < -0.3 is 15.4 Å². The third kappa shape index (κ3) is 3.10. The van der Waals surface area contributed by atoms with Gasteiger partial charge in [-0.1, -0.05) is 19.3 Å². The molecular weight excluding hydrogens is 228 g/mol. The van der Waals surface area contributed by atoms with Crippen LogP contribution >= 0.6 is 0 Å². The van der Waals surface area contributed by atoms with Crippen LogP contribution in [0.2, 0.25) is 0 Å². The summed E-state index contributed by atoms with van der Waals surface area (Å²) >= 11 is 0. The van der Waals surface area contributed by atoms with Crippen LogP contribution in [0.3, 0.4) is 0 Å². The van der Waals surface area contributed by atoms with Crippen LogP contribution in [0, 0.1) is 0 Å². The van der Waals surface area contributed by atoms with E-state index in [0.717, 1.165) is 12.4 Å². The Hall–Kier alpha value is -1.36. The Morgan fingerprint density at radius 1 is 1.33 bits per heavy atom. The maximum absolute atomic E-state index is 5.73. The zero-order chi connectivity index (χ0) is 12.8. The molecule has 0 atom stereocenters. The second-order valence-corrected chi connectivity index (χ2v) is 4.69. The summed E-state index contributed by atoms with van der Waals surface area (Å²) in [6, 6.07) is 2.45. The smallest absolute Gasteiger partial charge is 0.218 e. The zero-order valence-corrected chi connectivity index (χ0v) is 11.0. The van der Waals surface area contributed by atoms with E-state index in [4.69, 9.17) is 10.5 Å². The first-order chi connectivity index (χ1) is 8.85. The molecule has 0 saturated heterocycles. The van der Waals surface area contributed by atoms with Gasteiger partial charge in [0.25, 0.3) is 0 Å². The number of rotatable bonds is 5. The summed E-state index contributed by atoms with van der Waals surface area (Å²) in [7, 11) is 1.62. The molecule has 0 bridgehead atoms. The van der Waals surface area contributed by atoms with Crippen molar-refractivity contribution in [3.05, 3.63) is 12.4 Å². The predicted molar refractivity (Wildman–Crippen MR) is 71.9 cm³/mol. The monoisotopic (exact) mass is 250 g/mol. The average Bonchev–Trinajstić information content (AvgIpc) is 2.46. The standard InChI is InChI=1S/C13H22N4O/c1-18-13-9-12(15-10-16-13)17(8-7-14)11-5-3-2-4-6-11/h9-11H,2-8,14H2,1H3. The van der Waals surface area contributed by atoms with Crippen LogP contribution in [0.15, 0.2) is 12.4 Å². The van der Waals surface area contributed by atoms with Gasteiger partial charge >= 0.3 is 0 Å². The van der Waals surface area contributed by atoms with Crippen LogP contribution < -0.4 is 15.4 Å². The maximum Gasteiger partial charge on any atom is 0.218 e. The summed E-state index contributed by atoms with van der Waals surface area (Å²) < 4.78 is 5.16. The molecule has 0 amide bonds. The Balaban J connectivity index is 2.16. The van der Waals surface area contributed by atoms with Gasteiger partial charge in [-0.3, -0.25) is 0 Å². The van der Waals surface area contributed by atoms with Crippen molar-refractivity contribution in [2.45, 2.75) is 38.1 Å². The molecular formula is C13H22N4O. The van der Waals surface area contributed by atoms with E-state index in [2.05, 4.69) is 14.9 Å². The molecule has 5 nitrogen and oxygen atoms in total. The van der Waals surface area contributed by atoms with E-state index < -0.39 is 0 Å². The molecule has 1 aromatic heterocycles. The lowest BCUT2D eigenvalue weighted by molar-refractivity contribution is 0.393. The molecule has 1 fully saturated rings. The number of hydrogen-bond donors (Lipinski definition) is 1. The number of nitrogens with zero attached hydrogens (tertiary/aromatic N) is 3. The van der Waals surface area contributed by atoms with Gasteiger partial charge in [-0.05, 0) is 12.8 Å². The summed E-state index contributed by atoms with van der Waals surface area (Å²) in [6.07, 6.45) is 7.96. The Labute approximate surface area is 108 Å². The molecule has 2 N–H and O–H groups in total. The van der Waals surface area contributed by atoms with Crippen molar-refractivity contribution in [2.24, 2.45) is 5.73 Å². The molecule has 5 heteroatoms. The molecule has 18 heavy (non-hydrogen) atoms. The van der Waals surface area contributed by atoms with Gasteiger partial charge in [0, 0.05) is 25.2 Å². The first-order valence-corrected chi connectivity index (χ1v) is 6.68. The van der Waals surface area contributed by atoms with Crippen molar-refractivity contribution >= 4 is 5.82 Å². The summed E-state index contributed by atoms with van der Waals surface area (Å²) in [5, 5.41) is 0. The van der Waals surface area contributed by atoms with Gasteiger partial charge in [-0.15, -0.1) is 0 Å². The summed E-state index contributed by atoms with van der Waals surface area (Å²) in [5.74, 6) is 1.54. The van der Waals surface area contributed by atoms with Gasteiger partial charge in [0.2, 0.25) is 5.88 Å². The molecule has 0 unspecified atom stereocenters. The lowest BCUT2D eigenvalue weighted by Crippen LogP contribution is -2.40. The second kappa shape index (κ2) is 6.54.